The average molecular weight is 269 g/mol. The Bertz CT molecular complexity index is 594. The quantitative estimate of drug-likeness (QED) is 0.877. The highest BCUT2D eigenvalue weighted by atomic mass is 19.1. The van der Waals surface area contributed by atoms with E-state index in [1.165, 1.54) is 18.1 Å². The third-order valence-corrected chi connectivity index (χ3v) is 4.38. The first-order valence-corrected chi connectivity index (χ1v) is 7.19. The number of rotatable bonds is 4. The average Bonchev–Trinajstić information content (AvgIpc) is 3.25. The molecule has 1 N–H and O–H groups in total. The number of halogens is 1. The van der Waals surface area contributed by atoms with E-state index in [9.17, 15) is 4.39 Å². The van der Waals surface area contributed by atoms with Gasteiger partial charge in [-0.15, -0.1) is 0 Å². The first-order valence-electron chi connectivity index (χ1n) is 7.19. The van der Waals surface area contributed by atoms with Crippen molar-refractivity contribution in [2.45, 2.75) is 25.3 Å². The molecule has 0 radical (unpaired) electrons. The van der Waals surface area contributed by atoms with Gasteiger partial charge in [0.25, 0.3) is 0 Å². The molecular formula is C18H20FN. The van der Waals surface area contributed by atoms with E-state index < -0.39 is 0 Å². The smallest absolute Gasteiger partial charge is 0.123 e. The van der Waals surface area contributed by atoms with Crippen LogP contribution in [0.15, 0.2) is 48.5 Å². The van der Waals surface area contributed by atoms with Gasteiger partial charge in [-0.2, -0.15) is 0 Å². The van der Waals surface area contributed by atoms with Crippen LogP contribution in [0.5, 0.6) is 0 Å². The van der Waals surface area contributed by atoms with Gasteiger partial charge < -0.3 is 5.32 Å². The van der Waals surface area contributed by atoms with Crippen LogP contribution in [-0.4, -0.2) is 7.05 Å². The van der Waals surface area contributed by atoms with Crippen LogP contribution < -0.4 is 5.32 Å². The van der Waals surface area contributed by atoms with E-state index in [0.29, 0.717) is 11.8 Å². The first-order chi connectivity index (χ1) is 9.70. The minimum absolute atomic E-state index is 0.150. The van der Waals surface area contributed by atoms with Crippen LogP contribution in [-0.2, 0) is 0 Å². The Balaban J connectivity index is 1.84. The van der Waals surface area contributed by atoms with Gasteiger partial charge in [0.05, 0.1) is 0 Å². The molecule has 1 aliphatic carbocycles. The van der Waals surface area contributed by atoms with E-state index in [1.807, 2.05) is 19.2 Å². The summed E-state index contributed by atoms with van der Waals surface area (Å²) in [5.74, 6) is 1.00. The van der Waals surface area contributed by atoms with Crippen LogP contribution >= 0.6 is 0 Å². The highest BCUT2D eigenvalue weighted by Crippen LogP contribution is 2.54. The van der Waals surface area contributed by atoms with Gasteiger partial charge in [0, 0.05) is 6.04 Å². The maximum Gasteiger partial charge on any atom is 0.123 e. The Morgan fingerprint density at radius 3 is 2.60 bits per heavy atom. The molecule has 0 aromatic heterocycles. The summed E-state index contributed by atoms with van der Waals surface area (Å²) in [6.07, 6.45) is 1.17. The van der Waals surface area contributed by atoms with E-state index in [0.717, 1.165) is 11.1 Å². The molecule has 0 amide bonds. The van der Waals surface area contributed by atoms with Gasteiger partial charge in [-0.05, 0) is 61.1 Å². The molecule has 0 saturated heterocycles. The maximum atomic E-state index is 13.5. The zero-order chi connectivity index (χ0) is 14.1. The Hall–Kier alpha value is -1.67. The number of hydrogen-bond donors (Lipinski definition) is 1. The van der Waals surface area contributed by atoms with Crippen LogP contribution in [0.1, 0.15) is 35.1 Å². The topological polar surface area (TPSA) is 12.0 Å². The molecule has 20 heavy (non-hydrogen) atoms. The van der Waals surface area contributed by atoms with Gasteiger partial charge >= 0.3 is 0 Å². The molecule has 1 fully saturated rings. The largest absolute Gasteiger partial charge is 0.313 e. The molecule has 3 atom stereocenters. The minimum Gasteiger partial charge on any atom is -0.313 e. The summed E-state index contributed by atoms with van der Waals surface area (Å²) < 4.78 is 13.5. The zero-order valence-electron chi connectivity index (χ0n) is 11.9. The van der Waals surface area contributed by atoms with Crippen LogP contribution in [0.2, 0.25) is 0 Å². The fraction of sp³-hybridized carbons (Fsp3) is 0.333. The Morgan fingerprint density at radius 1 is 1.15 bits per heavy atom. The van der Waals surface area contributed by atoms with Crippen molar-refractivity contribution in [1.29, 1.82) is 0 Å². The fourth-order valence-electron chi connectivity index (χ4n) is 3.21. The van der Waals surface area contributed by atoms with Crippen LogP contribution in [0.25, 0.3) is 0 Å². The van der Waals surface area contributed by atoms with Gasteiger partial charge in [0.1, 0.15) is 5.82 Å². The van der Waals surface area contributed by atoms with Crippen molar-refractivity contribution in [2.24, 2.45) is 5.92 Å². The molecule has 0 heterocycles. The number of benzene rings is 2. The van der Waals surface area contributed by atoms with Crippen molar-refractivity contribution in [2.75, 3.05) is 7.05 Å². The molecule has 0 aliphatic heterocycles. The molecule has 0 bridgehead atoms. The standard InChI is InChI=1S/C18H20FN/c1-12-8-9-14(19)10-15(12)18(20-2)17-11-16(17)13-6-4-3-5-7-13/h3-10,16-18,20H,11H2,1-2H3. The summed E-state index contributed by atoms with van der Waals surface area (Å²) in [5, 5.41) is 3.38. The van der Waals surface area contributed by atoms with E-state index in [2.05, 4.69) is 36.5 Å². The van der Waals surface area contributed by atoms with Crippen LogP contribution in [0.4, 0.5) is 4.39 Å². The fourth-order valence-corrected chi connectivity index (χ4v) is 3.21. The van der Waals surface area contributed by atoms with Gasteiger partial charge in [-0.1, -0.05) is 36.4 Å². The molecule has 3 rings (SSSR count). The summed E-state index contributed by atoms with van der Waals surface area (Å²) in [6.45, 7) is 2.05. The zero-order valence-corrected chi connectivity index (χ0v) is 11.9. The Kier molecular flexibility index (Phi) is 3.58. The normalized spacial score (nSPS) is 22.6. The molecule has 104 valence electrons. The summed E-state index contributed by atoms with van der Waals surface area (Å²) in [6, 6.07) is 15.9. The van der Waals surface area contributed by atoms with Gasteiger partial charge in [-0.3, -0.25) is 0 Å². The minimum atomic E-state index is -0.150. The molecule has 1 aliphatic rings. The second-order valence-corrected chi connectivity index (χ2v) is 5.68. The van der Waals surface area contributed by atoms with Crippen LogP contribution in [0, 0.1) is 18.7 Å². The Labute approximate surface area is 119 Å². The molecule has 2 heteroatoms. The molecule has 2 aromatic carbocycles. The predicted molar refractivity (Wildman–Crippen MR) is 80.2 cm³/mol. The van der Waals surface area contributed by atoms with Crippen molar-refractivity contribution < 1.29 is 4.39 Å². The lowest BCUT2D eigenvalue weighted by atomic mass is 9.95. The Morgan fingerprint density at radius 2 is 1.90 bits per heavy atom. The summed E-state index contributed by atoms with van der Waals surface area (Å²) >= 11 is 0. The highest BCUT2D eigenvalue weighted by Gasteiger charge is 2.44. The van der Waals surface area contributed by atoms with Crippen molar-refractivity contribution >= 4 is 0 Å². The van der Waals surface area contributed by atoms with Crippen LogP contribution in [0.3, 0.4) is 0 Å². The summed E-state index contributed by atoms with van der Waals surface area (Å²) in [5.41, 5.74) is 3.65. The lowest BCUT2D eigenvalue weighted by molar-refractivity contribution is 0.510. The van der Waals surface area contributed by atoms with Gasteiger partial charge in [-0.25, -0.2) is 4.39 Å². The summed E-state index contributed by atoms with van der Waals surface area (Å²) in [4.78, 5) is 0. The maximum absolute atomic E-state index is 13.5. The van der Waals surface area contributed by atoms with Gasteiger partial charge in [0.2, 0.25) is 0 Å². The van der Waals surface area contributed by atoms with E-state index in [-0.39, 0.29) is 11.9 Å². The summed E-state index contributed by atoms with van der Waals surface area (Å²) in [7, 11) is 1.97. The van der Waals surface area contributed by atoms with Crippen molar-refractivity contribution in [3.05, 3.63) is 71.0 Å². The highest BCUT2D eigenvalue weighted by molar-refractivity contribution is 5.34. The third kappa shape index (κ3) is 2.48. The number of nitrogens with one attached hydrogen (secondary N) is 1. The third-order valence-electron chi connectivity index (χ3n) is 4.38. The van der Waals surface area contributed by atoms with E-state index in [4.69, 9.17) is 0 Å². The first kappa shape index (κ1) is 13.3. The SMILES string of the molecule is CNC(c1cc(F)ccc1C)C1CC1c1ccccc1. The number of hydrogen-bond acceptors (Lipinski definition) is 1. The van der Waals surface area contributed by atoms with Crippen molar-refractivity contribution in [3.63, 3.8) is 0 Å². The van der Waals surface area contributed by atoms with Crippen molar-refractivity contribution in [3.8, 4) is 0 Å². The molecule has 2 aromatic rings. The lowest BCUT2D eigenvalue weighted by Crippen LogP contribution is -2.20. The molecule has 1 nitrogen and oxygen atoms in total. The molecule has 1 saturated carbocycles. The van der Waals surface area contributed by atoms with E-state index in [1.54, 1.807) is 6.07 Å². The second-order valence-electron chi connectivity index (χ2n) is 5.68. The monoisotopic (exact) mass is 269 g/mol. The number of aryl methyl sites for hydroxylation is 1. The molecular weight excluding hydrogens is 249 g/mol. The lowest BCUT2D eigenvalue weighted by Gasteiger charge is -2.19. The predicted octanol–water partition coefficient (Wildman–Crippen LogP) is 4.20. The molecule has 0 spiro atoms. The second kappa shape index (κ2) is 5.37. The van der Waals surface area contributed by atoms with E-state index >= 15 is 0 Å². The van der Waals surface area contributed by atoms with Gasteiger partial charge in [0.15, 0.2) is 0 Å². The molecule has 3 unspecified atom stereocenters. The van der Waals surface area contributed by atoms with Crippen molar-refractivity contribution in [1.82, 2.24) is 5.32 Å².